The molecule has 0 bridgehead atoms. The van der Waals surface area contributed by atoms with E-state index in [0.717, 1.165) is 36.8 Å². The molecule has 0 atom stereocenters. The normalized spacial score (nSPS) is 17.0. The summed E-state index contributed by atoms with van der Waals surface area (Å²) in [6.07, 6.45) is 4.22. The second kappa shape index (κ2) is 9.42. The first kappa shape index (κ1) is 22.5. The standard InChI is InChI=1S/C24H29N3O4S/c1-18(28)25-17-19-6-8-21(9-7-19)24(29)26-12-14-27(15-13-26)32(30,31)23-11-10-20-4-2-3-5-22(20)16-23/h6-11,16H,2-5,12-15,17H2,1H3,(H,25,28). The maximum absolute atomic E-state index is 13.2. The van der Waals surface area contributed by atoms with Gasteiger partial charge in [0, 0.05) is 45.2 Å². The molecule has 0 saturated carbocycles. The van der Waals surface area contributed by atoms with Crippen molar-refractivity contribution in [3.63, 3.8) is 0 Å². The monoisotopic (exact) mass is 455 g/mol. The maximum atomic E-state index is 13.2. The first-order valence-corrected chi connectivity index (χ1v) is 12.5. The van der Waals surface area contributed by atoms with E-state index in [9.17, 15) is 18.0 Å². The summed E-state index contributed by atoms with van der Waals surface area (Å²) in [5, 5.41) is 2.73. The largest absolute Gasteiger partial charge is 0.352 e. The molecule has 1 aliphatic carbocycles. The van der Waals surface area contributed by atoms with Crippen LogP contribution in [-0.4, -0.2) is 55.6 Å². The van der Waals surface area contributed by atoms with E-state index in [1.165, 1.54) is 16.8 Å². The highest BCUT2D eigenvalue weighted by molar-refractivity contribution is 7.89. The Morgan fingerprint density at radius 2 is 1.56 bits per heavy atom. The summed E-state index contributed by atoms with van der Waals surface area (Å²) >= 11 is 0. The molecule has 2 amide bonds. The van der Waals surface area contributed by atoms with Gasteiger partial charge in [-0.25, -0.2) is 8.42 Å². The average Bonchev–Trinajstić information content (AvgIpc) is 2.82. The van der Waals surface area contributed by atoms with E-state index in [1.807, 2.05) is 24.3 Å². The van der Waals surface area contributed by atoms with E-state index in [1.54, 1.807) is 23.1 Å². The van der Waals surface area contributed by atoms with Crippen molar-refractivity contribution in [3.8, 4) is 0 Å². The number of piperazine rings is 1. The fourth-order valence-corrected chi connectivity index (χ4v) is 5.80. The van der Waals surface area contributed by atoms with Gasteiger partial charge in [-0.3, -0.25) is 9.59 Å². The molecule has 0 spiro atoms. The molecule has 1 heterocycles. The molecule has 2 aliphatic rings. The molecule has 32 heavy (non-hydrogen) atoms. The number of fused-ring (bicyclic) bond motifs is 1. The molecule has 1 N–H and O–H groups in total. The van der Waals surface area contributed by atoms with E-state index in [4.69, 9.17) is 0 Å². The third-order valence-electron chi connectivity index (χ3n) is 6.23. The van der Waals surface area contributed by atoms with Gasteiger partial charge in [0.05, 0.1) is 4.90 Å². The van der Waals surface area contributed by atoms with Crippen LogP contribution in [0.15, 0.2) is 47.4 Å². The van der Waals surface area contributed by atoms with Crippen LogP contribution in [0.1, 0.15) is 46.8 Å². The van der Waals surface area contributed by atoms with Gasteiger partial charge in [-0.2, -0.15) is 4.31 Å². The Morgan fingerprint density at radius 1 is 0.906 bits per heavy atom. The third kappa shape index (κ3) is 4.86. The number of aryl methyl sites for hydroxylation is 2. The molecule has 0 aromatic heterocycles. The number of amides is 2. The predicted octanol–water partition coefficient (Wildman–Crippen LogP) is 2.35. The SMILES string of the molecule is CC(=O)NCc1ccc(C(=O)N2CCN(S(=O)(=O)c3ccc4c(c3)CCCC4)CC2)cc1. The summed E-state index contributed by atoms with van der Waals surface area (Å²) in [5.41, 5.74) is 3.88. The lowest BCUT2D eigenvalue weighted by molar-refractivity contribution is -0.119. The number of carbonyl (C=O) groups is 2. The van der Waals surface area contributed by atoms with Crippen LogP contribution >= 0.6 is 0 Å². The summed E-state index contributed by atoms with van der Waals surface area (Å²) in [5.74, 6) is -0.213. The van der Waals surface area contributed by atoms with E-state index in [-0.39, 0.29) is 24.9 Å². The first-order valence-electron chi connectivity index (χ1n) is 11.1. The molecular weight excluding hydrogens is 426 g/mol. The molecule has 1 saturated heterocycles. The van der Waals surface area contributed by atoms with Crippen LogP contribution in [0.2, 0.25) is 0 Å². The van der Waals surface area contributed by atoms with Crippen LogP contribution in [0.5, 0.6) is 0 Å². The average molecular weight is 456 g/mol. The quantitative estimate of drug-likeness (QED) is 0.750. The molecule has 0 radical (unpaired) electrons. The smallest absolute Gasteiger partial charge is 0.253 e. The Hall–Kier alpha value is -2.71. The zero-order valence-corrected chi connectivity index (χ0v) is 19.2. The Bertz CT molecular complexity index is 1100. The van der Waals surface area contributed by atoms with Gasteiger partial charge >= 0.3 is 0 Å². The molecule has 1 aliphatic heterocycles. The van der Waals surface area contributed by atoms with E-state index in [2.05, 4.69) is 5.32 Å². The van der Waals surface area contributed by atoms with Crippen molar-refractivity contribution in [1.82, 2.24) is 14.5 Å². The van der Waals surface area contributed by atoms with Crippen molar-refractivity contribution in [3.05, 3.63) is 64.7 Å². The van der Waals surface area contributed by atoms with Crippen LogP contribution in [-0.2, 0) is 34.2 Å². The van der Waals surface area contributed by atoms with Crippen molar-refractivity contribution in [2.75, 3.05) is 26.2 Å². The zero-order valence-electron chi connectivity index (χ0n) is 18.3. The first-order chi connectivity index (χ1) is 15.3. The fraction of sp³-hybridized carbons (Fsp3) is 0.417. The number of carbonyl (C=O) groups excluding carboxylic acids is 2. The number of sulfonamides is 1. The third-order valence-corrected chi connectivity index (χ3v) is 8.12. The maximum Gasteiger partial charge on any atom is 0.253 e. The second-order valence-corrected chi connectivity index (χ2v) is 10.4. The number of nitrogens with one attached hydrogen (secondary N) is 1. The lowest BCUT2D eigenvalue weighted by Crippen LogP contribution is -2.50. The minimum atomic E-state index is -3.57. The molecule has 4 rings (SSSR count). The van der Waals surface area contributed by atoms with E-state index >= 15 is 0 Å². The van der Waals surface area contributed by atoms with Crippen LogP contribution in [0.3, 0.4) is 0 Å². The van der Waals surface area contributed by atoms with Gasteiger partial charge < -0.3 is 10.2 Å². The summed E-state index contributed by atoms with van der Waals surface area (Å²) in [7, 11) is -3.57. The Morgan fingerprint density at radius 3 is 2.22 bits per heavy atom. The molecule has 0 unspecified atom stereocenters. The molecule has 170 valence electrons. The summed E-state index contributed by atoms with van der Waals surface area (Å²) in [6.45, 7) is 3.16. The van der Waals surface area contributed by atoms with Gasteiger partial charge in [0.1, 0.15) is 0 Å². The highest BCUT2D eigenvalue weighted by Gasteiger charge is 2.31. The van der Waals surface area contributed by atoms with E-state index < -0.39 is 10.0 Å². The minimum Gasteiger partial charge on any atom is -0.352 e. The van der Waals surface area contributed by atoms with Crippen molar-refractivity contribution in [2.24, 2.45) is 0 Å². The van der Waals surface area contributed by atoms with Crippen molar-refractivity contribution in [2.45, 2.75) is 44.0 Å². The number of nitrogens with zero attached hydrogens (tertiary/aromatic N) is 2. The molecule has 7 nitrogen and oxygen atoms in total. The van der Waals surface area contributed by atoms with E-state index in [0.29, 0.717) is 30.1 Å². The second-order valence-electron chi connectivity index (χ2n) is 8.44. The van der Waals surface area contributed by atoms with Crippen molar-refractivity contribution in [1.29, 1.82) is 0 Å². The minimum absolute atomic E-state index is 0.103. The molecule has 2 aromatic rings. The predicted molar refractivity (Wildman–Crippen MR) is 122 cm³/mol. The molecule has 8 heteroatoms. The number of rotatable bonds is 5. The summed E-state index contributed by atoms with van der Waals surface area (Å²) in [4.78, 5) is 25.9. The van der Waals surface area contributed by atoms with Gasteiger partial charge in [0.25, 0.3) is 5.91 Å². The summed E-state index contributed by atoms with van der Waals surface area (Å²) < 4.78 is 27.8. The Balaban J connectivity index is 1.38. The van der Waals surface area contributed by atoms with Crippen molar-refractivity contribution >= 4 is 21.8 Å². The highest BCUT2D eigenvalue weighted by Crippen LogP contribution is 2.26. The fourth-order valence-electron chi connectivity index (χ4n) is 4.33. The zero-order chi connectivity index (χ0) is 22.7. The van der Waals surface area contributed by atoms with Gasteiger partial charge in [0.15, 0.2) is 0 Å². The highest BCUT2D eigenvalue weighted by atomic mass is 32.2. The molecule has 1 fully saturated rings. The lowest BCUT2D eigenvalue weighted by atomic mass is 9.92. The number of hydrogen-bond donors (Lipinski definition) is 1. The van der Waals surface area contributed by atoms with Crippen LogP contribution < -0.4 is 5.32 Å². The van der Waals surface area contributed by atoms with Crippen LogP contribution in [0.4, 0.5) is 0 Å². The van der Waals surface area contributed by atoms with Gasteiger partial charge in [-0.05, 0) is 66.6 Å². The Kier molecular flexibility index (Phi) is 6.62. The molecule has 2 aromatic carbocycles. The molecular formula is C24H29N3O4S. The van der Waals surface area contributed by atoms with Crippen LogP contribution in [0.25, 0.3) is 0 Å². The van der Waals surface area contributed by atoms with Gasteiger partial charge in [-0.15, -0.1) is 0 Å². The lowest BCUT2D eigenvalue weighted by Gasteiger charge is -2.34. The number of benzene rings is 2. The van der Waals surface area contributed by atoms with Crippen molar-refractivity contribution < 1.29 is 18.0 Å². The van der Waals surface area contributed by atoms with Gasteiger partial charge in [0.2, 0.25) is 15.9 Å². The van der Waals surface area contributed by atoms with Crippen LogP contribution in [0, 0.1) is 0 Å². The summed E-state index contributed by atoms with van der Waals surface area (Å²) in [6, 6.07) is 12.6. The van der Waals surface area contributed by atoms with Gasteiger partial charge in [-0.1, -0.05) is 18.2 Å². The Labute approximate surface area is 189 Å². The topological polar surface area (TPSA) is 86.8 Å². The number of hydrogen-bond acceptors (Lipinski definition) is 4.